The van der Waals surface area contributed by atoms with Gasteiger partial charge in [0.15, 0.2) is 0 Å². The van der Waals surface area contributed by atoms with Crippen molar-refractivity contribution in [1.82, 2.24) is 20.0 Å². The van der Waals surface area contributed by atoms with Gasteiger partial charge < -0.3 is 10.4 Å². The number of nitrogens with one attached hydrogen (secondary N) is 1. The fraction of sp³-hybridized carbons (Fsp3) is 0.476. The molecule has 2 N–H and O–H groups in total. The summed E-state index contributed by atoms with van der Waals surface area (Å²) < 4.78 is 46.9. The highest BCUT2D eigenvalue weighted by Crippen LogP contribution is 2.29. The SMILES string of the molecule is O=C(NCCC1CN(Cc2ccc(F)cc2)Cc2ccnn21)C1CC1.O=C(O)C(F)(F)F. The third-order valence-corrected chi connectivity index (χ3v) is 5.24. The normalized spacial score (nSPS) is 18.3. The monoisotopic (exact) mass is 456 g/mol. The summed E-state index contributed by atoms with van der Waals surface area (Å²) in [5, 5.41) is 14.6. The van der Waals surface area contributed by atoms with Gasteiger partial charge in [0.2, 0.25) is 5.91 Å². The van der Waals surface area contributed by atoms with Crippen LogP contribution in [0.2, 0.25) is 0 Å². The Hall–Kier alpha value is -2.95. The summed E-state index contributed by atoms with van der Waals surface area (Å²) in [7, 11) is 0. The maximum Gasteiger partial charge on any atom is 0.490 e. The van der Waals surface area contributed by atoms with Crippen molar-refractivity contribution in [3.05, 3.63) is 53.6 Å². The lowest BCUT2D eigenvalue weighted by Gasteiger charge is -2.34. The molecule has 32 heavy (non-hydrogen) atoms. The van der Waals surface area contributed by atoms with Gasteiger partial charge in [-0.25, -0.2) is 9.18 Å². The van der Waals surface area contributed by atoms with Gasteiger partial charge in [-0.3, -0.25) is 14.4 Å². The molecule has 1 amide bonds. The van der Waals surface area contributed by atoms with Crippen LogP contribution in [0.4, 0.5) is 17.6 Å². The minimum absolute atomic E-state index is 0.194. The van der Waals surface area contributed by atoms with Gasteiger partial charge in [-0.05, 0) is 43.0 Å². The van der Waals surface area contributed by atoms with Gasteiger partial charge in [-0.1, -0.05) is 12.1 Å². The lowest BCUT2D eigenvalue weighted by atomic mass is 10.1. The number of rotatable bonds is 6. The van der Waals surface area contributed by atoms with Gasteiger partial charge in [0.25, 0.3) is 0 Å². The van der Waals surface area contributed by atoms with Crippen molar-refractivity contribution in [3.63, 3.8) is 0 Å². The third-order valence-electron chi connectivity index (χ3n) is 5.24. The molecule has 4 rings (SSSR count). The van der Waals surface area contributed by atoms with E-state index in [1.54, 1.807) is 0 Å². The van der Waals surface area contributed by atoms with Gasteiger partial charge in [-0.2, -0.15) is 18.3 Å². The molecule has 1 saturated carbocycles. The van der Waals surface area contributed by atoms with E-state index in [-0.39, 0.29) is 23.7 Å². The second-order valence-electron chi connectivity index (χ2n) is 7.87. The molecule has 1 aliphatic heterocycles. The van der Waals surface area contributed by atoms with E-state index in [0.29, 0.717) is 6.54 Å². The van der Waals surface area contributed by atoms with E-state index in [2.05, 4.69) is 20.0 Å². The maximum absolute atomic E-state index is 13.1. The average molecular weight is 456 g/mol. The van der Waals surface area contributed by atoms with Crippen LogP contribution in [0.25, 0.3) is 0 Å². The molecular formula is C21H24F4N4O3. The van der Waals surface area contributed by atoms with Gasteiger partial charge in [0, 0.05) is 38.3 Å². The van der Waals surface area contributed by atoms with Gasteiger partial charge in [-0.15, -0.1) is 0 Å². The van der Waals surface area contributed by atoms with Crippen molar-refractivity contribution >= 4 is 11.9 Å². The number of fused-ring (bicyclic) bond motifs is 1. The van der Waals surface area contributed by atoms with E-state index in [4.69, 9.17) is 9.90 Å². The molecular weight excluding hydrogens is 432 g/mol. The van der Waals surface area contributed by atoms with Crippen LogP contribution < -0.4 is 5.32 Å². The van der Waals surface area contributed by atoms with Gasteiger partial charge in [0.05, 0.1) is 11.7 Å². The minimum Gasteiger partial charge on any atom is -0.475 e. The maximum atomic E-state index is 13.1. The van der Waals surface area contributed by atoms with E-state index < -0.39 is 12.1 Å². The number of hydrogen-bond acceptors (Lipinski definition) is 4. The first-order valence-electron chi connectivity index (χ1n) is 10.2. The number of amides is 1. The van der Waals surface area contributed by atoms with Crippen molar-refractivity contribution in [3.8, 4) is 0 Å². The van der Waals surface area contributed by atoms with Crippen LogP contribution in [-0.4, -0.2) is 50.9 Å². The topological polar surface area (TPSA) is 87.5 Å². The molecule has 2 aliphatic rings. The lowest BCUT2D eigenvalue weighted by Crippen LogP contribution is -2.39. The number of halogens is 4. The molecule has 0 radical (unpaired) electrons. The second-order valence-corrected chi connectivity index (χ2v) is 7.87. The average Bonchev–Trinajstić information content (AvgIpc) is 3.47. The molecule has 0 saturated heterocycles. The first-order chi connectivity index (χ1) is 15.1. The molecule has 1 fully saturated rings. The van der Waals surface area contributed by atoms with Crippen molar-refractivity contribution in [2.45, 2.75) is 44.6 Å². The fourth-order valence-electron chi connectivity index (χ4n) is 3.50. The molecule has 2 heterocycles. The largest absolute Gasteiger partial charge is 0.490 e. The Kier molecular flexibility index (Phi) is 7.49. The van der Waals surface area contributed by atoms with Crippen molar-refractivity contribution < 1.29 is 32.3 Å². The lowest BCUT2D eigenvalue weighted by molar-refractivity contribution is -0.192. The Morgan fingerprint density at radius 2 is 1.81 bits per heavy atom. The zero-order valence-corrected chi connectivity index (χ0v) is 17.2. The number of aliphatic carboxylic acids is 1. The summed E-state index contributed by atoms with van der Waals surface area (Å²) in [5.41, 5.74) is 2.29. The zero-order chi connectivity index (χ0) is 23.3. The number of benzene rings is 1. The number of alkyl halides is 3. The van der Waals surface area contributed by atoms with Gasteiger partial charge in [0.1, 0.15) is 5.82 Å². The molecule has 1 unspecified atom stereocenters. The van der Waals surface area contributed by atoms with E-state index in [1.165, 1.54) is 17.8 Å². The molecule has 1 atom stereocenters. The number of carboxylic acid groups (broad SMARTS) is 1. The zero-order valence-electron chi connectivity index (χ0n) is 17.2. The van der Waals surface area contributed by atoms with Crippen LogP contribution >= 0.6 is 0 Å². The molecule has 7 nitrogen and oxygen atoms in total. The number of carboxylic acids is 1. The number of carbonyl (C=O) groups excluding carboxylic acids is 1. The molecule has 1 aromatic carbocycles. The Morgan fingerprint density at radius 1 is 1.16 bits per heavy atom. The Balaban J connectivity index is 0.000000360. The number of nitrogens with zero attached hydrogens (tertiary/aromatic N) is 3. The summed E-state index contributed by atoms with van der Waals surface area (Å²) in [6, 6.07) is 8.99. The standard InChI is InChI=1S/C19H23FN4O.C2HF3O2/c20-16-5-1-14(2-6-16)11-23-12-17(24-18(13-23)8-10-22-24)7-9-21-19(25)15-3-4-15;3-2(4,5)1(6)7/h1-2,5-6,8,10,15,17H,3-4,7,9,11-13H2,(H,21,25);(H,6,7). The van der Waals surface area contributed by atoms with E-state index in [9.17, 15) is 22.4 Å². The van der Waals surface area contributed by atoms with E-state index in [1.807, 2.05) is 24.4 Å². The molecule has 0 spiro atoms. The first kappa shape index (κ1) is 23.7. The second kappa shape index (κ2) is 10.1. The summed E-state index contributed by atoms with van der Waals surface area (Å²) in [4.78, 5) is 23.1. The van der Waals surface area contributed by atoms with Crippen molar-refractivity contribution in [2.24, 2.45) is 5.92 Å². The third kappa shape index (κ3) is 6.78. The fourth-order valence-corrected chi connectivity index (χ4v) is 3.50. The number of carbonyl (C=O) groups is 2. The smallest absolute Gasteiger partial charge is 0.475 e. The molecule has 0 bridgehead atoms. The van der Waals surface area contributed by atoms with E-state index >= 15 is 0 Å². The predicted octanol–water partition coefficient (Wildman–Crippen LogP) is 3.13. The summed E-state index contributed by atoms with van der Waals surface area (Å²) in [6.07, 6.45) is -0.312. The Morgan fingerprint density at radius 3 is 2.41 bits per heavy atom. The van der Waals surface area contributed by atoms with Crippen LogP contribution in [0.3, 0.4) is 0 Å². The summed E-state index contributed by atoms with van der Waals surface area (Å²) in [6.45, 7) is 3.19. The van der Waals surface area contributed by atoms with Crippen molar-refractivity contribution in [1.29, 1.82) is 0 Å². The molecule has 174 valence electrons. The molecule has 11 heteroatoms. The van der Waals surface area contributed by atoms with Crippen LogP contribution in [-0.2, 0) is 22.7 Å². The van der Waals surface area contributed by atoms with Crippen molar-refractivity contribution in [2.75, 3.05) is 13.1 Å². The highest BCUT2D eigenvalue weighted by molar-refractivity contribution is 5.80. The predicted molar refractivity (Wildman–Crippen MR) is 106 cm³/mol. The summed E-state index contributed by atoms with van der Waals surface area (Å²) >= 11 is 0. The number of aromatic nitrogens is 2. The highest BCUT2D eigenvalue weighted by atomic mass is 19.4. The van der Waals surface area contributed by atoms with Crippen LogP contribution in [0.15, 0.2) is 36.5 Å². The van der Waals surface area contributed by atoms with Crippen LogP contribution in [0, 0.1) is 11.7 Å². The van der Waals surface area contributed by atoms with Crippen LogP contribution in [0.1, 0.15) is 36.6 Å². The minimum atomic E-state index is -5.08. The highest BCUT2D eigenvalue weighted by Gasteiger charge is 2.38. The van der Waals surface area contributed by atoms with E-state index in [0.717, 1.165) is 44.5 Å². The van der Waals surface area contributed by atoms with Gasteiger partial charge >= 0.3 is 12.1 Å². The summed E-state index contributed by atoms with van der Waals surface area (Å²) in [5.74, 6) is -2.52. The molecule has 2 aromatic rings. The molecule has 1 aliphatic carbocycles. The van der Waals surface area contributed by atoms with Crippen LogP contribution in [0.5, 0.6) is 0 Å². The Bertz CT molecular complexity index is 926. The molecule has 1 aromatic heterocycles. The Labute approximate surface area is 182 Å². The quantitative estimate of drug-likeness (QED) is 0.653. The first-order valence-corrected chi connectivity index (χ1v) is 10.2. The number of hydrogen-bond donors (Lipinski definition) is 2.